The molecule has 6 nitrogen and oxygen atoms in total. The lowest BCUT2D eigenvalue weighted by molar-refractivity contribution is 0.0955. The van der Waals surface area contributed by atoms with Gasteiger partial charge in [0.25, 0.3) is 5.91 Å². The first-order valence-electron chi connectivity index (χ1n) is 8.73. The molecule has 25 heavy (non-hydrogen) atoms. The minimum atomic E-state index is -0.0493. The molecule has 1 atom stereocenters. The van der Waals surface area contributed by atoms with Gasteiger partial charge in [0.15, 0.2) is 5.96 Å². The van der Waals surface area contributed by atoms with Gasteiger partial charge in [-0.05, 0) is 44.4 Å². The van der Waals surface area contributed by atoms with Crippen molar-refractivity contribution in [2.75, 3.05) is 26.2 Å². The van der Waals surface area contributed by atoms with E-state index in [9.17, 15) is 4.79 Å². The second-order valence-electron chi connectivity index (χ2n) is 5.77. The molecule has 1 aromatic rings. The van der Waals surface area contributed by atoms with E-state index in [1.165, 1.54) is 0 Å². The predicted octanol–water partition coefficient (Wildman–Crippen LogP) is 2.29. The highest BCUT2D eigenvalue weighted by Gasteiger charge is 2.15. The summed E-state index contributed by atoms with van der Waals surface area (Å²) >= 11 is 0. The van der Waals surface area contributed by atoms with Gasteiger partial charge in [0.05, 0.1) is 12.6 Å². The molecule has 3 N–H and O–H groups in total. The number of ether oxygens (including phenoxy) is 1. The standard InChI is InChI=1S/C18H28N4O2.HI/c1-3-19-17(23)15-8-5-7-14(11-15)12-21-18(20-4-2)22-13-16-9-6-10-24-16;/h5,7-8,11,16H,3-4,6,9-10,12-13H2,1-2H3,(H,19,23)(H2,20,21,22);1H. The van der Waals surface area contributed by atoms with Gasteiger partial charge in [0, 0.05) is 31.8 Å². The summed E-state index contributed by atoms with van der Waals surface area (Å²) in [4.78, 5) is 16.5. The molecule has 1 aliphatic heterocycles. The van der Waals surface area contributed by atoms with Gasteiger partial charge in [-0.15, -0.1) is 24.0 Å². The highest BCUT2D eigenvalue weighted by molar-refractivity contribution is 14.0. The SMILES string of the molecule is CCNC(=O)c1cccc(CN=C(NCC)NCC2CCCO2)c1.I. The number of hydrogen-bond acceptors (Lipinski definition) is 3. The molecule has 1 aliphatic rings. The average molecular weight is 460 g/mol. The van der Waals surface area contributed by atoms with E-state index < -0.39 is 0 Å². The van der Waals surface area contributed by atoms with Gasteiger partial charge in [-0.25, -0.2) is 4.99 Å². The quantitative estimate of drug-likeness (QED) is 0.332. The molecule has 0 aliphatic carbocycles. The van der Waals surface area contributed by atoms with Crippen LogP contribution in [0.4, 0.5) is 0 Å². The Labute approximate surface area is 167 Å². The normalized spacial score (nSPS) is 16.9. The van der Waals surface area contributed by atoms with Crippen LogP contribution in [0.1, 0.15) is 42.6 Å². The van der Waals surface area contributed by atoms with Crippen molar-refractivity contribution in [1.82, 2.24) is 16.0 Å². The minimum Gasteiger partial charge on any atom is -0.376 e. The average Bonchev–Trinajstić information content (AvgIpc) is 3.11. The van der Waals surface area contributed by atoms with Crippen LogP contribution in [0.15, 0.2) is 29.3 Å². The van der Waals surface area contributed by atoms with E-state index in [-0.39, 0.29) is 36.0 Å². The molecular formula is C18H29IN4O2. The summed E-state index contributed by atoms with van der Waals surface area (Å²) in [5, 5.41) is 9.38. The van der Waals surface area contributed by atoms with Crippen molar-refractivity contribution >= 4 is 35.8 Å². The zero-order chi connectivity index (χ0) is 17.2. The van der Waals surface area contributed by atoms with Gasteiger partial charge in [-0.1, -0.05) is 12.1 Å². The van der Waals surface area contributed by atoms with Crippen LogP contribution in [0.25, 0.3) is 0 Å². The summed E-state index contributed by atoms with van der Waals surface area (Å²) < 4.78 is 5.62. The third-order valence-corrected chi connectivity index (χ3v) is 3.81. The molecule has 1 fully saturated rings. The first-order valence-corrected chi connectivity index (χ1v) is 8.73. The molecule has 2 rings (SSSR count). The maximum atomic E-state index is 11.9. The van der Waals surface area contributed by atoms with Crippen LogP contribution in [-0.2, 0) is 11.3 Å². The van der Waals surface area contributed by atoms with E-state index in [1.807, 2.05) is 38.1 Å². The fourth-order valence-electron chi connectivity index (χ4n) is 2.60. The number of nitrogens with one attached hydrogen (secondary N) is 3. The van der Waals surface area contributed by atoms with Crippen LogP contribution in [0, 0.1) is 0 Å². The molecule has 0 aromatic heterocycles. The second-order valence-corrected chi connectivity index (χ2v) is 5.77. The summed E-state index contributed by atoms with van der Waals surface area (Å²) in [6, 6.07) is 7.58. The van der Waals surface area contributed by atoms with Crippen molar-refractivity contribution < 1.29 is 9.53 Å². The molecule has 140 valence electrons. The molecule has 1 heterocycles. The fourth-order valence-corrected chi connectivity index (χ4v) is 2.60. The smallest absolute Gasteiger partial charge is 0.251 e. The number of hydrogen-bond donors (Lipinski definition) is 3. The van der Waals surface area contributed by atoms with Gasteiger partial charge in [-0.2, -0.15) is 0 Å². The number of halogens is 1. The fraction of sp³-hybridized carbons (Fsp3) is 0.556. The van der Waals surface area contributed by atoms with Crippen LogP contribution >= 0.6 is 24.0 Å². The van der Waals surface area contributed by atoms with Crippen LogP contribution < -0.4 is 16.0 Å². The molecule has 1 saturated heterocycles. The van der Waals surface area contributed by atoms with Crippen molar-refractivity contribution in [1.29, 1.82) is 0 Å². The Hall–Kier alpha value is -1.35. The largest absolute Gasteiger partial charge is 0.376 e. The molecule has 0 radical (unpaired) electrons. The Bertz CT molecular complexity index is 560. The Morgan fingerprint density at radius 1 is 1.24 bits per heavy atom. The zero-order valence-corrected chi connectivity index (χ0v) is 17.3. The molecule has 1 amide bonds. The third kappa shape index (κ3) is 7.60. The van der Waals surface area contributed by atoms with E-state index in [0.717, 1.165) is 44.1 Å². The predicted molar refractivity (Wildman–Crippen MR) is 112 cm³/mol. The lowest BCUT2D eigenvalue weighted by Gasteiger charge is -2.14. The van der Waals surface area contributed by atoms with Gasteiger partial charge < -0.3 is 20.7 Å². The summed E-state index contributed by atoms with van der Waals surface area (Å²) in [7, 11) is 0. The number of carbonyl (C=O) groups excluding carboxylic acids is 1. The van der Waals surface area contributed by atoms with Crippen molar-refractivity contribution in [2.24, 2.45) is 4.99 Å². The molecule has 0 saturated carbocycles. The molecule has 1 aromatic carbocycles. The monoisotopic (exact) mass is 460 g/mol. The van der Waals surface area contributed by atoms with Crippen molar-refractivity contribution in [2.45, 2.75) is 39.3 Å². The first-order chi connectivity index (χ1) is 11.7. The number of nitrogens with zero attached hydrogens (tertiary/aromatic N) is 1. The summed E-state index contributed by atoms with van der Waals surface area (Å²) in [5.74, 6) is 0.725. The number of benzene rings is 1. The lowest BCUT2D eigenvalue weighted by atomic mass is 10.1. The van der Waals surface area contributed by atoms with E-state index in [1.54, 1.807) is 0 Å². The summed E-state index contributed by atoms with van der Waals surface area (Å²) in [6.07, 6.45) is 2.50. The number of carbonyl (C=O) groups is 1. The van der Waals surface area contributed by atoms with Crippen LogP contribution in [0.3, 0.4) is 0 Å². The Kier molecular flexibility index (Phi) is 10.5. The van der Waals surface area contributed by atoms with Crippen molar-refractivity contribution in [3.05, 3.63) is 35.4 Å². The van der Waals surface area contributed by atoms with E-state index in [4.69, 9.17) is 4.74 Å². The molecule has 0 spiro atoms. The molecular weight excluding hydrogens is 431 g/mol. The summed E-state index contributed by atoms with van der Waals surface area (Å²) in [6.45, 7) is 7.52. The highest BCUT2D eigenvalue weighted by Crippen LogP contribution is 2.10. The van der Waals surface area contributed by atoms with Gasteiger partial charge in [0.2, 0.25) is 0 Å². The van der Waals surface area contributed by atoms with E-state index in [0.29, 0.717) is 18.7 Å². The van der Waals surface area contributed by atoms with Crippen molar-refractivity contribution in [3.8, 4) is 0 Å². The van der Waals surface area contributed by atoms with Crippen LogP contribution in [-0.4, -0.2) is 44.2 Å². The lowest BCUT2D eigenvalue weighted by Crippen LogP contribution is -2.41. The maximum absolute atomic E-state index is 11.9. The topological polar surface area (TPSA) is 74.8 Å². The Morgan fingerprint density at radius 2 is 2.04 bits per heavy atom. The first kappa shape index (κ1) is 21.7. The van der Waals surface area contributed by atoms with Gasteiger partial charge >= 0.3 is 0 Å². The molecule has 1 unspecified atom stereocenters. The number of amides is 1. The van der Waals surface area contributed by atoms with Gasteiger partial charge in [-0.3, -0.25) is 4.79 Å². The number of guanidine groups is 1. The molecule has 0 bridgehead atoms. The van der Waals surface area contributed by atoms with E-state index >= 15 is 0 Å². The highest BCUT2D eigenvalue weighted by atomic mass is 127. The zero-order valence-electron chi connectivity index (χ0n) is 15.0. The third-order valence-electron chi connectivity index (χ3n) is 3.81. The Morgan fingerprint density at radius 3 is 2.72 bits per heavy atom. The molecule has 7 heteroatoms. The second kappa shape index (κ2) is 12.1. The number of rotatable bonds is 7. The number of aliphatic imine (C=N–C) groups is 1. The minimum absolute atomic E-state index is 0. The van der Waals surface area contributed by atoms with E-state index in [2.05, 4.69) is 20.9 Å². The van der Waals surface area contributed by atoms with Crippen molar-refractivity contribution in [3.63, 3.8) is 0 Å². The van der Waals surface area contributed by atoms with Crippen LogP contribution in [0.5, 0.6) is 0 Å². The summed E-state index contributed by atoms with van der Waals surface area (Å²) in [5.41, 5.74) is 1.68. The maximum Gasteiger partial charge on any atom is 0.251 e. The van der Waals surface area contributed by atoms with Gasteiger partial charge in [0.1, 0.15) is 0 Å². The van der Waals surface area contributed by atoms with Crippen LogP contribution in [0.2, 0.25) is 0 Å². The Balaban J connectivity index is 0.00000312.